The van der Waals surface area contributed by atoms with Crippen LogP contribution in [0.3, 0.4) is 0 Å². The summed E-state index contributed by atoms with van der Waals surface area (Å²) < 4.78 is 31.3. The van der Waals surface area contributed by atoms with Gasteiger partial charge in [0.1, 0.15) is 12.4 Å². The highest BCUT2D eigenvalue weighted by atomic mass is 19.1. The fourth-order valence-corrected chi connectivity index (χ4v) is 3.86. The van der Waals surface area contributed by atoms with E-state index in [4.69, 9.17) is 19.2 Å². The van der Waals surface area contributed by atoms with E-state index in [0.29, 0.717) is 35.1 Å². The SMILES string of the molecule is CN(C)CCOc1nccc(-c2[nH]c(C3OCC(C)(C(=O)NC4CC4)CO3)nc2-c2ccc(F)cc2)n1. The third-order valence-electron chi connectivity index (χ3n) is 6.29. The Kier molecular flexibility index (Phi) is 7.18. The molecule has 2 aromatic heterocycles. The molecule has 1 saturated heterocycles. The lowest BCUT2D eigenvalue weighted by atomic mass is 9.91. The maximum absolute atomic E-state index is 13.6. The Bertz CT molecular complexity index is 1240. The number of carbonyl (C=O) groups excluding carboxylic acids is 1. The lowest BCUT2D eigenvalue weighted by Gasteiger charge is -2.35. The zero-order chi connectivity index (χ0) is 26.0. The minimum atomic E-state index is -0.799. The highest BCUT2D eigenvalue weighted by Crippen LogP contribution is 2.36. The van der Waals surface area contributed by atoms with Crippen molar-refractivity contribution in [2.24, 2.45) is 5.41 Å². The molecule has 11 heteroatoms. The molecule has 1 saturated carbocycles. The molecule has 3 aromatic rings. The van der Waals surface area contributed by atoms with Gasteiger partial charge in [-0.15, -0.1) is 0 Å². The minimum Gasteiger partial charge on any atom is -0.462 e. The van der Waals surface area contributed by atoms with Gasteiger partial charge in [0.05, 0.1) is 35.7 Å². The second-order valence-corrected chi connectivity index (χ2v) is 9.99. The maximum atomic E-state index is 13.6. The molecule has 3 heterocycles. The molecule has 5 rings (SSSR count). The summed E-state index contributed by atoms with van der Waals surface area (Å²) in [5, 5.41) is 3.02. The quantitative estimate of drug-likeness (QED) is 0.452. The monoisotopic (exact) mass is 510 g/mol. The maximum Gasteiger partial charge on any atom is 0.316 e. The molecular formula is C26H31FN6O4. The van der Waals surface area contributed by atoms with Crippen LogP contribution >= 0.6 is 0 Å². The molecule has 2 fully saturated rings. The minimum absolute atomic E-state index is 0.0663. The van der Waals surface area contributed by atoms with Crippen LogP contribution in [0.25, 0.3) is 22.6 Å². The van der Waals surface area contributed by atoms with Crippen LogP contribution in [-0.2, 0) is 14.3 Å². The Hall–Kier alpha value is -3.41. The number of rotatable bonds is 9. The molecule has 2 aliphatic rings. The number of carbonyl (C=O) groups is 1. The highest BCUT2D eigenvalue weighted by Gasteiger charge is 2.42. The molecule has 0 unspecified atom stereocenters. The Morgan fingerprint density at radius 3 is 2.59 bits per heavy atom. The van der Waals surface area contributed by atoms with Crippen molar-refractivity contribution in [3.8, 4) is 28.7 Å². The van der Waals surface area contributed by atoms with Crippen molar-refractivity contribution in [3.63, 3.8) is 0 Å². The van der Waals surface area contributed by atoms with Gasteiger partial charge in [0, 0.05) is 24.3 Å². The molecule has 0 spiro atoms. The predicted molar refractivity (Wildman–Crippen MR) is 133 cm³/mol. The molecule has 196 valence electrons. The zero-order valence-electron chi connectivity index (χ0n) is 21.2. The summed E-state index contributed by atoms with van der Waals surface area (Å²) in [6, 6.07) is 8.29. The molecule has 0 atom stereocenters. The van der Waals surface area contributed by atoms with Crippen LogP contribution in [-0.4, -0.2) is 77.2 Å². The van der Waals surface area contributed by atoms with Crippen LogP contribution in [0.5, 0.6) is 6.01 Å². The number of aromatic nitrogens is 4. The normalized spacial score (nSPS) is 21.7. The first kappa shape index (κ1) is 25.2. The van der Waals surface area contributed by atoms with Gasteiger partial charge in [-0.3, -0.25) is 4.79 Å². The molecule has 0 radical (unpaired) electrons. The van der Waals surface area contributed by atoms with Crippen LogP contribution in [0.1, 0.15) is 31.9 Å². The fourth-order valence-electron chi connectivity index (χ4n) is 3.86. The van der Waals surface area contributed by atoms with Crippen LogP contribution in [0.2, 0.25) is 0 Å². The number of nitrogens with one attached hydrogen (secondary N) is 2. The fraction of sp³-hybridized carbons (Fsp3) is 0.462. The van der Waals surface area contributed by atoms with Gasteiger partial charge < -0.3 is 29.4 Å². The number of benzene rings is 1. The first-order valence-electron chi connectivity index (χ1n) is 12.3. The number of ether oxygens (including phenoxy) is 3. The van der Waals surface area contributed by atoms with Gasteiger partial charge in [0.25, 0.3) is 0 Å². The number of hydrogen-bond donors (Lipinski definition) is 2. The van der Waals surface area contributed by atoms with E-state index in [9.17, 15) is 9.18 Å². The lowest BCUT2D eigenvalue weighted by molar-refractivity contribution is -0.231. The number of H-pyrrole nitrogens is 1. The van der Waals surface area contributed by atoms with Crippen LogP contribution in [0, 0.1) is 11.2 Å². The van der Waals surface area contributed by atoms with E-state index in [0.717, 1.165) is 19.4 Å². The Morgan fingerprint density at radius 2 is 1.92 bits per heavy atom. The van der Waals surface area contributed by atoms with Crippen LogP contribution in [0.15, 0.2) is 36.5 Å². The molecule has 1 aromatic carbocycles. The third-order valence-corrected chi connectivity index (χ3v) is 6.29. The first-order valence-corrected chi connectivity index (χ1v) is 12.3. The summed E-state index contributed by atoms with van der Waals surface area (Å²) in [4.78, 5) is 31.4. The molecule has 1 aliphatic carbocycles. The van der Waals surface area contributed by atoms with E-state index in [1.807, 2.05) is 25.9 Å². The molecule has 10 nitrogen and oxygen atoms in total. The summed E-state index contributed by atoms with van der Waals surface area (Å²) in [6.07, 6.45) is 2.84. The summed E-state index contributed by atoms with van der Waals surface area (Å²) in [6.45, 7) is 3.37. The largest absolute Gasteiger partial charge is 0.462 e. The van der Waals surface area contributed by atoms with Gasteiger partial charge in [-0.1, -0.05) is 0 Å². The van der Waals surface area contributed by atoms with Crippen LogP contribution < -0.4 is 10.1 Å². The van der Waals surface area contributed by atoms with Crippen molar-refractivity contribution >= 4 is 5.91 Å². The van der Waals surface area contributed by atoms with E-state index < -0.39 is 11.7 Å². The second kappa shape index (κ2) is 10.5. The van der Waals surface area contributed by atoms with Gasteiger partial charge in [-0.25, -0.2) is 14.4 Å². The third kappa shape index (κ3) is 5.95. The number of halogens is 1. The van der Waals surface area contributed by atoms with E-state index in [2.05, 4.69) is 20.3 Å². The Morgan fingerprint density at radius 1 is 1.19 bits per heavy atom. The summed E-state index contributed by atoms with van der Waals surface area (Å²) >= 11 is 0. The Balaban J connectivity index is 1.40. The van der Waals surface area contributed by atoms with Crippen molar-refractivity contribution in [3.05, 3.63) is 48.2 Å². The highest BCUT2D eigenvalue weighted by molar-refractivity contribution is 5.83. The number of amides is 1. The van der Waals surface area contributed by atoms with E-state index in [1.54, 1.807) is 24.4 Å². The van der Waals surface area contributed by atoms with Crippen LogP contribution in [0.4, 0.5) is 4.39 Å². The van der Waals surface area contributed by atoms with E-state index >= 15 is 0 Å². The Labute approximate surface area is 214 Å². The van der Waals surface area contributed by atoms with Gasteiger partial charge in [0.2, 0.25) is 12.2 Å². The lowest BCUT2D eigenvalue weighted by Crippen LogP contribution is -2.49. The standard InChI is InChI=1S/C26H31FN6O4/c1-26(24(34)29-18-8-9-18)14-36-23(37-15-26)22-31-20(16-4-6-17(27)7-5-16)21(32-22)19-10-11-28-25(30-19)35-13-12-33(2)3/h4-7,10-11,18,23H,8-9,12-15H2,1-3H3,(H,29,34)(H,31,32). The molecule has 37 heavy (non-hydrogen) atoms. The smallest absolute Gasteiger partial charge is 0.316 e. The summed E-state index contributed by atoms with van der Waals surface area (Å²) in [7, 11) is 3.92. The van der Waals surface area contributed by atoms with E-state index in [1.165, 1.54) is 12.1 Å². The number of aromatic amines is 1. The van der Waals surface area contributed by atoms with Gasteiger partial charge >= 0.3 is 6.01 Å². The molecule has 0 bridgehead atoms. The number of hydrogen-bond acceptors (Lipinski definition) is 8. The van der Waals surface area contributed by atoms with Crippen molar-refractivity contribution in [1.29, 1.82) is 0 Å². The van der Waals surface area contributed by atoms with Crippen molar-refractivity contribution in [2.75, 3.05) is 40.5 Å². The average molecular weight is 511 g/mol. The second-order valence-electron chi connectivity index (χ2n) is 9.99. The summed E-state index contributed by atoms with van der Waals surface area (Å²) in [5.41, 5.74) is 1.61. The van der Waals surface area contributed by atoms with Crippen molar-refractivity contribution < 1.29 is 23.4 Å². The van der Waals surface area contributed by atoms with Crippen molar-refractivity contribution in [1.82, 2.24) is 30.2 Å². The molecule has 2 N–H and O–H groups in total. The topological polar surface area (TPSA) is 114 Å². The molecule has 1 amide bonds. The molecule has 1 aliphatic heterocycles. The first-order chi connectivity index (χ1) is 17.8. The summed E-state index contributed by atoms with van der Waals surface area (Å²) in [5.74, 6) is 0.0124. The van der Waals surface area contributed by atoms with Gasteiger partial charge in [0.15, 0.2) is 5.82 Å². The number of nitrogens with zero attached hydrogens (tertiary/aromatic N) is 4. The van der Waals surface area contributed by atoms with Crippen molar-refractivity contribution in [2.45, 2.75) is 32.1 Å². The average Bonchev–Trinajstić information content (AvgIpc) is 3.59. The number of imidazole rings is 1. The zero-order valence-corrected chi connectivity index (χ0v) is 21.2. The predicted octanol–water partition coefficient (Wildman–Crippen LogP) is 2.94. The van der Waals surface area contributed by atoms with Gasteiger partial charge in [-0.2, -0.15) is 4.98 Å². The van der Waals surface area contributed by atoms with Gasteiger partial charge in [-0.05, 0) is 64.2 Å². The van der Waals surface area contributed by atoms with E-state index in [-0.39, 0.29) is 37.0 Å². The molecular weight excluding hydrogens is 479 g/mol. The number of likely N-dealkylation sites (N-methyl/N-ethyl adjacent to an activating group) is 1.